The van der Waals surface area contributed by atoms with Gasteiger partial charge in [0.25, 0.3) is 5.91 Å². The first-order chi connectivity index (χ1) is 8.04. The first-order valence-electron chi connectivity index (χ1n) is 5.51. The molecule has 0 aliphatic heterocycles. The lowest BCUT2D eigenvalue weighted by Gasteiger charge is -2.18. The molecule has 0 saturated heterocycles. The number of alkyl halides is 1. The van der Waals surface area contributed by atoms with Crippen molar-refractivity contribution in [2.45, 2.75) is 26.3 Å². The SMILES string of the molecule is CC(C)CC(CCl)NC(=O)c1ccncc1F. The number of aromatic nitrogens is 1. The van der Waals surface area contributed by atoms with Crippen LogP contribution in [-0.2, 0) is 0 Å². The zero-order valence-corrected chi connectivity index (χ0v) is 10.7. The van der Waals surface area contributed by atoms with E-state index < -0.39 is 11.7 Å². The third-order valence-electron chi connectivity index (χ3n) is 2.29. The molecule has 1 amide bonds. The average Bonchev–Trinajstić information content (AvgIpc) is 2.27. The number of rotatable bonds is 5. The highest BCUT2D eigenvalue weighted by molar-refractivity contribution is 6.18. The Labute approximate surface area is 105 Å². The summed E-state index contributed by atoms with van der Waals surface area (Å²) in [7, 11) is 0. The largest absolute Gasteiger partial charge is 0.348 e. The summed E-state index contributed by atoms with van der Waals surface area (Å²) in [5.41, 5.74) is -0.00104. The lowest BCUT2D eigenvalue weighted by molar-refractivity contribution is 0.0932. The molecule has 1 aromatic heterocycles. The zero-order chi connectivity index (χ0) is 12.8. The van der Waals surface area contributed by atoms with Crippen LogP contribution in [0.15, 0.2) is 18.5 Å². The topological polar surface area (TPSA) is 42.0 Å². The molecule has 1 heterocycles. The van der Waals surface area contributed by atoms with E-state index >= 15 is 0 Å². The minimum atomic E-state index is -0.622. The number of carbonyl (C=O) groups is 1. The summed E-state index contributed by atoms with van der Waals surface area (Å²) in [4.78, 5) is 15.4. The summed E-state index contributed by atoms with van der Waals surface area (Å²) < 4.78 is 13.3. The van der Waals surface area contributed by atoms with Crippen LogP contribution in [0.3, 0.4) is 0 Å². The fraction of sp³-hybridized carbons (Fsp3) is 0.500. The van der Waals surface area contributed by atoms with Crippen LogP contribution >= 0.6 is 11.6 Å². The van der Waals surface area contributed by atoms with E-state index in [-0.39, 0.29) is 11.6 Å². The molecule has 1 atom stereocenters. The van der Waals surface area contributed by atoms with Gasteiger partial charge in [0.05, 0.1) is 11.8 Å². The van der Waals surface area contributed by atoms with Gasteiger partial charge in [0.15, 0.2) is 5.82 Å². The van der Waals surface area contributed by atoms with Gasteiger partial charge in [0.1, 0.15) is 0 Å². The highest BCUT2D eigenvalue weighted by Gasteiger charge is 2.16. The smallest absolute Gasteiger partial charge is 0.254 e. The molecule has 3 nitrogen and oxygen atoms in total. The van der Waals surface area contributed by atoms with E-state index in [1.807, 2.05) is 13.8 Å². The summed E-state index contributed by atoms with van der Waals surface area (Å²) in [5.74, 6) is -0.336. The molecular weight excluding hydrogens is 243 g/mol. The van der Waals surface area contributed by atoms with Crippen molar-refractivity contribution in [3.63, 3.8) is 0 Å². The van der Waals surface area contributed by atoms with Crippen molar-refractivity contribution in [3.05, 3.63) is 29.8 Å². The van der Waals surface area contributed by atoms with Crippen LogP contribution in [0.5, 0.6) is 0 Å². The normalized spacial score (nSPS) is 12.5. The Hall–Kier alpha value is -1.16. The number of pyridine rings is 1. The van der Waals surface area contributed by atoms with Crippen molar-refractivity contribution in [1.29, 1.82) is 0 Å². The van der Waals surface area contributed by atoms with Crippen LogP contribution in [0.1, 0.15) is 30.6 Å². The van der Waals surface area contributed by atoms with Gasteiger partial charge in [0, 0.05) is 18.1 Å². The second kappa shape index (κ2) is 6.55. The Kier molecular flexibility index (Phi) is 5.35. The van der Waals surface area contributed by atoms with Crippen LogP contribution < -0.4 is 5.32 Å². The first kappa shape index (κ1) is 13.9. The fourth-order valence-electron chi connectivity index (χ4n) is 1.55. The van der Waals surface area contributed by atoms with E-state index in [1.165, 1.54) is 12.3 Å². The van der Waals surface area contributed by atoms with Gasteiger partial charge in [-0.15, -0.1) is 11.6 Å². The zero-order valence-electron chi connectivity index (χ0n) is 9.91. The number of carbonyl (C=O) groups excluding carboxylic acids is 1. The standard InChI is InChI=1S/C12H16ClFN2O/c1-8(2)5-9(6-13)16-12(17)10-3-4-15-7-11(10)14/h3-4,7-9H,5-6H2,1-2H3,(H,16,17). The molecule has 0 fully saturated rings. The van der Waals surface area contributed by atoms with E-state index in [1.54, 1.807) is 0 Å². The number of nitrogens with one attached hydrogen (secondary N) is 1. The van der Waals surface area contributed by atoms with E-state index in [9.17, 15) is 9.18 Å². The molecular formula is C12H16ClFN2O. The van der Waals surface area contributed by atoms with Crippen LogP contribution in [0.2, 0.25) is 0 Å². The van der Waals surface area contributed by atoms with Gasteiger partial charge in [-0.05, 0) is 18.4 Å². The molecule has 5 heteroatoms. The first-order valence-corrected chi connectivity index (χ1v) is 6.04. The molecule has 0 aliphatic carbocycles. The van der Waals surface area contributed by atoms with Crippen molar-refractivity contribution < 1.29 is 9.18 Å². The van der Waals surface area contributed by atoms with Crippen LogP contribution in [0.25, 0.3) is 0 Å². The third kappa shape index (κ3) is 4.30. The second-order valence-corrected chi connectivity index (χ2v) is 4.62. The monoisotopic (exact) mass is 258 g/mol. The lowest BCUT2D eigenvalue weighted by atomic mass is 10.0. The maximum atomic E-state index is 13.3. The molecule has 0 spiro atoms. The van der Waals surface area contributed by atoms with Crippen LogP contribution in [0.4, 0.5) is 4.39 Å². The Balaban J connectivity index is 2.68. The number of halogens is 2. The fourth-order valence-corrected chi connectivity index (χ4v) is 1.76. The van der Waals surface area contributed by atoms with Crippen LogP contribution in [-0.4, -0.2) is 22.8 Å². The van der Waals surface area contributed by atoms with Crippen LogP contribution in [0, 0.1) is 11.7 Å². The highest BCUT2D eigenvalue weighted by Crippen LogP contribution is 2.09. The highest BCUT2D eigenvalue weighted by atomic mass is 35.5. The number of hydrogen-bond acceptors (Lipinski definition) is 2. The van der Waals surface area contributed by atoms with Crippen molar-refractivity contribution in [3.8, 4) is 0 Å². The number of nitrogens with zero attached hydrogens (tertiary/aromatic N) is 1. The summed E-state index contributed by atoms with van der Waals surface area (Å²) in [6, 6.07) is 1.21. The van der Waals surface area contributed by atoms with E-state index in [0.29, 0.717) is 11.8 Å². The predicted molar refractivity (Wildman–Crippen MR) is 65.6 cm³/mol. The average molecular weight is 259 g/mol. The summed E-state index contributed by atoms with van der Waals surface area (Å²) in [6.07, 6.45) is 3.17. The molecule has 17 heavy (non-hydrogen) atoms. The molecule has 1 N–H and O–H groups in total. The maximum Gasteiger partial charge on any atom is 0.254 e. The van der Waals surface area contributed by atoms with Gasteiger partial charge >= 0.3 is 0 Å². The minimum Gasteiger partial charge on any atom is -0.348 e. The maximum absolute atomic E-state index is 13.3. The van der Waals surface area contributed by atoms with Gasteiger partial charge in [-0.1, -0.05) is 13.8 Å². The summed E-state index contributed by atoms with van der Waals surface area (Å²) in [5, 5.41) is 2.72. The van der Waals surface area contributed by atoms with Gasteiger partial charge in [-0.25, -0.2) is 4.39 Å². The minimum absolute atomic E-state index is 0.00104. The number of amides is 1. The predicted octanol–water partition coefficient (Wildman–Crippen LogP) is 2.60. The molecule has 0 aliphatic rings. The van der Waals surface area contributed by atoms with Gasteiger partial charge in [0.2, 0.25) is 0 Å². The molecule has 0 radical (unpaired) electrons. The van der Waals surface area contributed by atoms with E-state index in [4.69, 9.17) is 11.6 Å². The molecule has 1 aromatic rings. The van der Waals surface area contributed by atoms with E-state index in [0.717, 1.165) is 12.6 Å². The van der Waals surface area contributed by atoms with E-state index in [2.05, 4.69) is 10.3 Å². The van der Waals surface area contributed by atoms with Crippen molar-refractivity contribution >= 4 is 17.5 Å². The van der Waals surface area contributed by atoms with Crippen molar-refractivity contribution in [1.82, 2.24) is 10.3 Å². The Morgan fingerprint density at radius 3 is 2.82 bits per heavy atom. The molecule has 94 valence electrons. The molecule has 0 saturated carbocycles. The van der Waals surface area contributed by atoms with Gasteiger partial charge in [-0.2, -0.15) is 0 Å². The Morgan fingerprint density at radius 2 is 2.29 bits per heavy atom. The molecule has 1 unspecified atom stereocenters. The molecule has 0 aromatic carbocycles. The summed E-state index contributed by atoms with van der Waals surface area (Å²) in [6.45, 7) is 4.08. The molecule has 0 bridgehead atoms. The van der Waals surface area contributed by atoms with Gasteiger partial charge in [-0.3, -0.25) is 9.78 Å². The Morgan fingerprint density at radius 1 is 1.59 bits per heavy atom. The number of hydrogen-bond donors (Lipinski definition) is 1. The Bertz CT molecular complexity index is 385. The van der Waals surface area contributed by atoms with Crippen molar-refractivity contribution in [2.24, 2.45) is 5.92 Å². The molecule has 1 rings (SSSR count). The lowest BCUT2D eigenvalue weighted by Crippen LogP contribution is -2.37. The summed E-state index contributed by atoms with van der Waals surface area (Å²) >= 11 is 5.76. The third-order valence-corrected chi connectivity index (χ3v) is 2.67. The van der Waals surface area contributed by atoms with Crippen molar-refractivity contribution in [2.75, 3.05) is 5.88 Å². The second-order valence-electron chi connectivity index (χ2n) is 4.31. The quantitative estimate of drug-likeness (QED) is 0.825. The van der Waals surface area contributed by atoms with Gasteiger partial charge < -0.3 is 5.32 Å².